The maximum Gasteiger partial charge on any atom is 0.323 e. The zero-order chi connectivity index (χ0) is 16.3. The molecule has 1 rings (SSSR count). The summed E-state index contributed by atoms with van der Waals surface area (Å²) in [5, 5.41) is 9.70. The molecule has 1 aliphatic heterocycles. The van der Waals surface area contributed by atoms with E-state index in [4.69, 9.17) is 9.47 Å². The second-order valence-corrected chi connectivity index (χ2v) is 6.95. The van der Waals surface area contributed by atoms with Crippen LogP contribution in [0.4, 0.5) is 0 Å². The molecule has 0 spiro atoms. The van der Waals surface area contributed by atoms with E-state index in [1.54, 1.807) is 6.92 Å². The Hall–Kier alpha value is -1.10. The van der Waals surface area contributed by atoms with Gasteiger partial charge < -0.3 is 14.6 Å². The lowest BCUT2D eigenvalue weighted by Crippen LogP contribution is -2.44. The Morgan fingerprint density at radius 3 is 2.43 bits per heavy atom. The van der Waals surface area contributed by atoms with Gasteiger partial charge in [-0.1, -0.05) is 13.8 Å². The Balaban J connectivity index is 2.99. The van der Waals surface area contributed by atoms with Crippen LogP contribution in [0.25, 0.3) is 0 Å². The highest BCUT2D eigenvalue weighted by atomic mass is 16.5. The van der Waals surface area contributed by atoms with Crippen LogP contribution in [0, 0.1) is 11.3 Å². The molecule has 1 saturated heterocycles. The second-order valence-electron chi connectivity index (χ2n) is 6.95. The maximum atomic E-state index is 12.3. The minimum atomic E-state index is -1.50. The van der Waals surface area contributed by atoms with E-state index in [9.17, 15) is 14.7 Å². The molecule has 5 heteroatoms. The minimum absolute atomic E-state index is 0.0833. The van der Waals surface area contributed by atoms with Crippen molar-refractivity contribution < 1.29 is 24.2 Å². The lowest BCUT2D eigenvalue weighted by molar-refractivity contribution is -0.174. The minimum Gasteiger partial charge on any atom is -0.480 e. The molecular weight excluding hydrogens is 272 g/mol. The third kappa shape index (κ3) is 4.43. The molecule has 0 aromatic heterocycles. The highest BCUT2D eigenvalue weighted by molar-refractivity contribution is 5.99. The van der Waals surface area contributed by atoms with Gasteiger partial charge in [0.1, 0.15) is 0 Å². The van der Waals surface area contributed by atoms with Crippen molar-refractivity contribution in [2.75, 3.05) is 6.61 Å². The molecule has 5 nitrogen and oxygen atoms in total. The predicted molar refractivity (Wildman–Crippen MR) is 79.0 cm³/mol. The van der Waals surface area contributed by atoms with E-state index >= 15 is 0 Å². The van der Waals surface area contributed by atoms with Crippen LogP contribution >= 0.6 is 0 Å². The number of carboxylic acid groups (broad SMARTS) is 1. The molecule has 0 aromatic rings. The molecule has 21 heavy (non-hydrogen) atoms. The van der Waals surface area contributed by atoms with E-state index < -0.39 is 17.4 Å². The normalized spacial score (nSPS) is 23.8. The number of aliphatic carboxylic acids is 1. The summed E-state index contributed by atoms with van der Waals surface area (Å²) in [6.45, 7) is 9.68. The van der Waals surface area contributed by atoms with Crippen molar-refractivity contribution in [3.63, 3.8) is 0 Å². The molecule has 0 radical (unpaired) electrons. The number of carboxylic acids is 1. The first-order chi connectivity index (χ1) is 9.63. The molecule has 0 bridgehead atoms. The quantitative estimate of drug-likeness (QED) is 0.578. The third-order valence-electron chi connectivity index (χ3n) is 3.96. The number of hydrogen-bond acceptors (Lipinski definition) is 4. The van der Waals surface area contributed by atoms with Crippen molar-refractivity contribution >= 4 is 11.9 Å². The summed E-state index contributed by atoms with van der Waals surface area (Å²) in [6, 6.07) is 0. The summed E-state index contributed by atoms with van der Waals surface area (Å²) in [7, 11) is 0. The highest BCUT2D eigenvalue weighted by Crippen LogP contribution is 2.40. The average Bonchev–Trinajstić information content (AvgIpc) is 2.67. The van der Waals surface area contributed by atoms with Crippen LogP contribution in [0.1, 0.15) is 60.3 Å². The van der Waals surface area contributed by atoms with Gasteiger partial charge in [-0.05, 0) is 46.0 Å². The summed E-state index contributed by atoms with van der Waals surface area (Å²) >= 11 is 0. The Kier molecular flexibility index (Phi) is 5.79. The lowest BCUT2D eigenvalue weighted by atomic mass is 9.75. The van der Waals surface area contributed by atoms with E-state index in [1.165, 1.54) is 0 Å². The second kappa shape index (κ2) is 6.77. The molecule has 1 N–H and O–H groups in total. The number of ether oxygens (including phenoxy) is 2. The number of carbonyl (C=O) groups is 2. The Bertz CT molecular complexity index is 388. The van der Waals surface area contributed by atoms with Crippen molar-refractivity contribution in [2.45, 2.75) is 72.0 Å². The van der Waals surface area contributed by atoms with Gasteiger partial charge in [0.05, 0.1) is 18.3 Å². The molecular formula is C16H28O5. The molecule has 1 heterocycles. The number of carbonyl (C=O) groups excluding carboxylic acids is 1. The van der Waals surface area contributed by atoms with Crippen molar-refractivity contribution in [3.8, 4) is 0 Å². The van der Waals surface area contributed by atoms with Crippen LogP contribution in [0.15, 0.2) is 0 Å². The van der Waals surface area contributed by atoms with Gasteiger partial charge in [0, 0.05) is 6.42 Å². The molecule has 122 valence electrons. The lowest BCUT2D eigenvalue weighted by Gasteiger charge is -2.31. The van der Waals surface area contributed by atoms with Crippen LogP contribution in [0.3, 0.4) is 0 Å². The van der Waals surface area contributed by atoms with E-state index in [0.29, 0.717) is 0 Å². The Morgan fingerprint density at radius 2 is 2.05 bits per heavy atom. The SMILES string of the molecule is CCOC(=O)C(CC(C)C)(CC1CCC(C)(C)O1)C(=O)O. The van der Waals surface area contributed by atoms with E-state index in [1.807, 2.05) is 27.7 Å². The average molecular weight is 300 g/mol. The molecule has 0 aromatic carbocycles. The first-order valence-corrected chi connectivity index (χ1v) is 7.71. The topological polar surface area (TPSA) is 72.8 Å². The van der Waals surface area contributed by atoms with Crippen molar-refractivity contribution in [2.24, 2.45) is 11.3 Å². The van der Waals surface area contributed by atoms with Gasteiger partial charge in [-0.15, -0.1) is 0 Å². The summed E-state index contributed by atoms with van der Waals surface area (Å²) in [4.78, 5) is 24.2. The van der Waals surface area contributed by atoms with Crippen LogP contribution < -0.4 is 0 Å². The molecule has 2 unspecified atom stereocenters. The largest absolute Gasteiger partial charge is 0.480 e. The van der Waals surface area contributed by atoms with Gasteiger partial charge in [-0.2, -0.15) is 0 Å². The van der Waals surface area contributed by atoms with Gasteiger partial charge in [0.2, 0.25) is 0 Å². The van der Waals surface area contributed by atoms with Crippen LogP contribution in [0.2, 0.25) is 0 Å². The van der Waals surface area contributed by atoms with Crippen LogP contribution in [0.5, 0.6) is 0 Å². The molecule has 1 fully saturated rings. The third-order valence-corrected chi connectivity index (χ3v) is 3.96. The summed E-state index contributed by atoms with van der Waals surface area (Å²) in [5.41, 5.74) is -1.75. The monoisotopic (exact) mass is 300 g/mol. The fraction of sp³-hybridized carbons (Fsp3) is 0.875. The Labute approximate surface area is 127 Å². The van der Waals surface area contributed by atoms with E-state index in [2.05, 4.69) is 0 Å². The fourth-order valence-corrected chi connectivity index (χ4v) is 3.09. The molecule has 0 saturated carbocycles. The standard InChI is InChI=1S/C16H28O5/c1-6-20-14(19)16(13(17)18,9-11(2)3)10-12-7-8-15(4,5)21-12/h11-12H,6-10H2,1-5H3,(H,17,18). The first kappa shape index (κ1) is 18.0. The molecule has 2 atom stereocenters. The molecule has 0 amide bonds. The Morgan fingerprint density at radius 1 is 1.43 bits per heavy atom. The van der Waals surface area contributed by atoms with E-state index in [-0.39, 0.29) is 37.1 Å². The number of esters is 1. The molecule has 0 aliphatic carbocycles. The van der Waals surface area contributed by atoms with E-state index in [0.717, 1.165) is 12.8 Å². The highest BCUT2D eigenvalue weighted by Gasteiger charge is 2.51. The summed E-state index contributed by atoms with van der Waals surface area (Å²) in [5.74, 6) is -1.66. The summed E-state index contributed by atoms with van der Waals surface area (Å²) in [6.07, 6.45) is 1.89. The number of rotatable bonds is 7. The van der Waals surface area contributed by atoms with Crippen molar-refractivity contribution in [3.05, 3.63) is 0 Å². The predicted octanol–water partition coefficient (Wildman–Crippen LogP) is 3.01. The van der Waals surface area contributed by atoms with Crippen molar-refractivity contribution in [1.29, 1.82) is 0 Å². The molecule has 1 aliphatic rings. The number of hydrogen-bond donors (Lipinski definition) is 1. The van der Waals surface area contributed by atoms with Crippen molar-refractivity contribution in [1.82, 2.24) is 0 Å². The summed E-state index contributed by atoms with van der Waals surface area (Å²) < 4.78 is 10.9. The van der Waals surface area contributed by atoms with Gasteiger partial charge in [0.15, 0.2) is 5.41 Å². The van der Waals surface area contributed by atoms with Gasteiger partial charge in [0.25, 0.3) is 0 Å². The maximum absolute atomic E-state index is 12.3. The van der Waals surface area contributed by atoms with Gasteiger partial charge >= 0.3 is 11.9 Å². The van der Waals surface area contributed by atoms with Crippen LogP contribution in [-0.4, -0.2) is 35.4 Å². The first-order valence-electron chi connectivity index (χ1n) is 7.71. The van der Waals surface area contributed by atoms with Gasteiger partial charge in [-0.25, -0.2) is 0 Å². The fourth-order valence-electron chi connectivity index (χ4n) is 3.09. The van der Waals surface area contributed by atoms with Gasteiger partial charge in [-0.3, -0.25) is 9.59 Å². The van der Waals surface area contributed by atoms with Crippen LogP contribution in [-0.2, 0) is 19.1 Å². The zero-order valence-corrected chi connectivity index (χ0v) is 13.8. The zero-order valence-electron chi connectivity index (χ0n) is 13.8. The smallest absolute Gasteiger partial charge is 0.323 e.